The van der Waals surface area contributed by atoms with E-state index in [1.165, 1.54) is 10.4 Å². The van der Waals surface area contributed by atoms with Crippen molar-refractivity contribution in [2.24, 2.45) is 0 Å². The van der Waals surface area contributed by atoms with Gasteiger partial charge in [-0.1, -0.05) is 12.1 Å². The predicted molar refractivity (Wildman–Crippen MR) is 85.5 cm³/mol. The lowest BCUT2D eigenvalue weighted by Gasteiger charge is -2.25. The summed E-state index contributed by atoms with van der Waals surface area (Å²) in [7, 11) is 1.64. The van der Waals surface area contributed by atoms with Gasteiger partial charge < -0.3 is 9.64 Å². The molecular weight excluding hydrogens is 282 g/mol. The number of carbonyl (C=O) groups is 1. The molecule has 2 heterocycles. The van der Waals surface area contributed by atoms with Crippen LogP contribution in [0.2, 0.25) is 0 Å². The molecule has 0 aliphatic carbocycles. The van der Waals surface area contributed by atoms with Gasteiger partial charge in [0.2, 0.25) is 5.91 Å². The smallest absolute Gasteiger partial charge is 0.246 e. The van der Waals surface area contributed by atoms with E-state index in [1.807, 2.05) is 35.2 Å². The Morgan fingerprint density at radius 3 is 2.86 bits per heavy atom. The monoisotopic (exact) mass is 299 g/mol. The SMILES string of the molecule is COc1ccc(/C=C/C(=O)N2CCc3sccc3C2)cc1. The number of methoxy groups -OCH3 is 1. The Labute approximate surface area is 128 Å². The second-order valence-corrected chi connectivity index (χ2v) is 5.99. The average molecular weight is 299 g/mol. The van der Waals surface area contributed by atoms with Crippen molar-refractivity contribution in [3.8, 4) is 5.75 Å². The molecule has 0 radical (unpaired) electrons. The molecule has 0 unspecified atom stereocenters. The lowest BCUT2D eigenvalue weighted by molar-refractivity contribution is -0.126. The molecule has 108 valence electrons. The van der Waals surface area contributed by atoms with Crippen molar-refractivity contribution >= 4 is 23.3 Å². The van der Waals surface area contributed by atoms with E-state index in [0.717, 1.165) is 30.8 Å². The van der Waals surface area contributed by atoms with Gasteiger partial charge in [0.15, 0.2) is 0 Å². The fourth-order valence-electron chi connectivity index (χ4n) is 2.42. The van der Waals surface area contributed by atoms with E-state index < -0.39 is 0 Å². The molecule has 0 bridgehead atoms. The van der Waals surface area contributed by atoms with Crippen LogP contribution in [-0.4, -0.2) is 24.5 Å². The van der Waals surface area contributed by atoms with Crippen LogP contribution in [0, 0.1) is 0 Å². The van der Waals surface area contributed by atoms with E-state index in [1.54, 1.807) is 24.5 Å². The maximum Gasteiger partial charge on any atom is 0.246 e. The Bertz CT molecular complexity index is 658. The first-order chi connectivity index (χ1) is 10.3. The molecule has 1 aromatic heterocycles. The molecule has 4 heteroatoms. The number of amides is 1. The number of ether oxygens (including phenoxy) is 1. The molecule has 0 saturated carbocycles. The predicted octanol–water partition coefficient (Wildman–Crippen LogP) is 3.35. The Kier molecular flexibility index (Phi) is 4.06. The molecule has 1 amide bonds. The van der Waals surface area contributed by atoms with Crippen LogP contribution >= 0.6 is 11.3 Å². The van der Waals surface area contributed by atoms with Crippen LogP contribution in [0.15, 0.2) is 41.8 Å². The highest BCUT2D eigenvalue weighted by Crippen LogP contribution is 2.24. The number of thiophene rings is 1. The van der Waals surface area contributed by atoms with Gasteiger partial charge in [-0.3, -0.25) is 4.79 Å². The summed E-state index contributed by atoms with van der Waals surface area (Å²) >= 11 is 1.78. The van der Waals surface area contributed by atoms with Crippen molar-refractivity contribution in [1.29, 1.82) is 0 Å². The van der Waals surface area contributed by atoms with Gasteiger partial charge in [-0.05, 0) is 47.2 Å². The fourth-order valence-corrected chi connectivity index (χ4v) is 3.31. The number of hydrogen-bond donors (Lipinski definition) is 0. The highest BCUT2D eigenvalue weighted by Gasteiger charge is 2.19. The molecule has 3 nitrogen and oxygen atoms in total. The molecule has 2 aromatic rings. The molecule has 1 aliphatic rings. The molecular formula is C17H17NO2S. The summed E-state index contributed by atoms with van der Waals surface area (Å²) in [6.45, 7) is 1.53. The van der Waals surface area contributed by atoms with E-state index in [9.17, 15) is 4.79 Å². The van der Waals surface area contributed by atoms with E-state index >= 15 is 0 Å². The number of carbonyl (C=O) groups excluding carboxylic acids is 1. The van der Waals surface area contributed by atoms with Crippen molar-refractivity contribution < 1.29 is 9.53 Å². The molecule has 0 fully saturated rings. The third-order valence-electron chi connectivity index (χ3n) is 3.65. The van der Waals surface area contributed by atoms with Crippen molar-refractivity contribution in [1.82, 2.24) is 4.90 Å². The van der Waals surface area contributed by atoms with Gasteiger partial charge in [-0.25, -0.2) is 0 Å². The summed E-state index contributed by atoms with van der Waals surface area (Å²) in [5, 5.41) is 2.10. The molecule has 1 aromatic carbocycles. The topological polar surface area (TPSA) is 29.5 Å². The zero-order valence-electron chi connectivity index (χ0n) is 11.9. The Hall–Kier alpha value is -2.07. The first-order valence-corrected chi connectivity index (χ1v) is 7.80. The van der Waals surface area contributed by atoms with Gasteiger partial charge in [-0.2, -0.15) is 0 Å². The Morgan fingerprint density at radius 1 is 1.29 bits per heavy atom. The number of nitrogens with zero attached hydrogens (tertiary/aromatic N) is 1. The maximum absolute atomic E-state index is 12.2. The van der Waals surface area contributed by atoms with Crippen LogP contribution in [0.1, 0.15) is 16.0 Å². The van der Waals surface area contributed by atoms with Crippen LogP contribution in [0.5, 0.6) is 5.75 Å². The van der Waals surface area contributed by atoms with Crippen LogP contribution in [-0.2, 0) is 17.8 Å². The summed E-state index contributed by atoms with van der Waals surface area (Å²) in [4.78, 5) is 15.6. The first-order valence-electron chi connectivity index (χ1n) is 6.92. The molecule has 0 N–H and O–H groups in total. The second-order valence-electron chi connectivity index (χ2n) is 4.99. The van der Waals surface area contributed by atoms with Gasteiger partial charge in [-0.15, -0.1) is 11.3 Å². The first kappa shape index (κ1) is 13.9. The number of hydrogen-bond acceptors (Lipinski definition) is 3. The Morgan fingerprint density at radius 2 is 2.10 bits per heavy atom. The summed E-state index contributed by atoms with van der Waals surface area (Å²) in [5.74, 6) is 0.891. The Balaban J connectivity index is 1.64. The van der Waals surface area contributed by atoms with Gasteiger partial charge in [0.05, 0.1) is 7.11 Å². The molecule has 21 heavy (non-hydrogen) atoms. The zero-order valence-corrected chi connectivity index (χ0v) is 12.7. The lowest BCUT2D eigenvalue weighted by atomic mass is 10.1. The molecule has 1 aliphatic heterocycles. The summed E-state index contributed by atoms with van der Waals surface area (Å²) in [6.07, 6.45) is 4.47. The second kappa shape index (κ2) is 6.14. The number of fused-ring (bicyclic) bond motifs is 1. The van der Waals surface area contributed by atoms with E-state index in [0.29, 0.717) is 0 Å². The molecule has 0 spiro atoms. The molecule has 3 rings (SSSR count). The highest BCUT2D eigenvalue weighted by molar-refractivity contribution is 7.10. The molecule has 0 saturated heterocycles. The zero-order chi connectivity index (χ0) is 14.7. The standard InChI is InChI=1S/C17H17NO2S/c1-20-15-5-2-13(3-6-15)4-7-17(19)18-10-8-16-14(12-18)9-11-21-16/h2-7,9,11H,8,10,12H2,1H3/b7-4+. The van der Waals surface area contributed by atoms with Gasteiger partial charge in [0.25, 0.3) is 0 Å². The summed E-state index contributed by atoms with van der Waals surface area (Å²) in [5.41, 5.74) is 2.29. The fraction of sp³-hybridized carbons (Fsp3) is 0.235. The van der Waals surface area contributed by atoms with Crippen molar-refractivity contribution in [3.05, 3.63) is 57.8 Å². The van der Waals surface area contributed by atoms with Crippen LogP contribution in [0.4, 0.5) is 0 Å². The normalized spacial score (nSPS) is 14.2. The van der Waals surface area contributed by atoms with E-state index in [2.05, 4.69) is 11.4 Å². The number of rotatable bonds is 3. The summed E-state index contributed by atoms with van der Waals surface area (Å²) in [6, 6.07) is 9.78. The quantitative estimate of drug-likeness (QED) is 0.813. The van der Waals surface area contributed by atoms with Gasteiger partial charge in [0, 0.05) is 24.0 Å². The minimum absolute atomic E-state index is 0.0719. The van der Waals surface area contributed by atoms with Crippen molar-refractivity contribution in [2.45, 2.75) is 13.0 Å². The minimum Gasteiger partial charge on any atom is -0.497 e. The summed E-state index contributed by atoms with van der Waals surface area (Å²) < 4.78 is 5.12. The van der Waals surface area contributed by atoms with Gasteiger partial charge in [0.1, 0.15) is 5.75 Å². The lowest BCUT2D eigenvalue weighted by Crippen LogP contribution is -2.34. The van der Waals surface area contributed by atoms with Crippen molar-refractivity contribution in [3.63, 3.8) is 0 Å². The highest BCUT2D eigenvalue weighted by atomic mass is 32.1. The maximum atomic E-state index is 12.2. The van der Waals surface area contributed by atoms with E-state index in [4.69, 9.17) is 4.74 Å². The third kappa shape index (κ3) is 3.16. The average Bonchev–Trinajstić information content (AvgIpc) is 3.00. The van der Waals surface area contributed by atoms with Crippen LogP contribution in [0.25, 0.3) is 6.08 Å². The van der Waals surface area contributed by atoms with Gasteiger partial charge >= 0.3 is 0 Å². The third-order valence-corrected chi connectivity index (χ3v) is 4.68. The number of benzene rings is 1. The van der Waals surface area contributed by atoms with E-state index in [-0.39, 0.29) is 5.91 Å². The van der Waals surface area contributed by atoms with Crippen molar-refractivity contribution in [2.75, 3.05) is 13.7 Å². The largest absolute Gasteiger partial charge is 0.497 e. The molecule has 0 atom stereocenters. The van der Waals surface area contributed by atoms with Crippen LogP contribution in [0.3, 0.4) is 0 Å². The minimum atomic E-state index is 0.0719. The van der Waals surface area contributed by atoms with Crippen LogP contribution < -0.4 is 4.74 Å².